The summed E-state index contributed by atoms with van der Waals surface area (Å²) in [5.74, 6) is 0. The van der Waals surface area contributed by atoms with E-state index in [-0.39, 0.29) is 0 Å². The number of nitrogens with one attached hydrogen (secondary N) is 1. The van der Waals surface area contributed by atoms with Crippen molar-refractivity contribution in [2.75, 3.05) is 26.2 Å². The fourth-order valence-corrected chi connectivity index (χ4v) is 3.87. The number of hydrogen-bond acceptors (Lipinski definition) is 3. The van der Waals surface area contributed by atoms with Gasteiger partial charge in [-0.3, -0.25) is 4.90 Å². The molecule has 1 aromatic carbocycles. The molecule has 1 aliphatic heterocycles. The highest BCUT2D eigenvalue weighted by atomic mass is 32.1. The van der Waals surface area contributed by atoms with E-state index in [0.29, 0.717) is 0 Å². The van der Waals surface area contributed by atoms with Crippen LogP contribution in [0, 0.1) is 13.8 Å². The van der Waals surface area contributed by atoms with E-state index in [2.05, 4.69) is 53.7 Å². The average Bonchev–Trinajstić information content (AvgIpc) is 2.88. The maximum absolute atomic E-state index is 3.41. The van der Waals surface area contributed by atoms with Crippen LogP contribution in [-0.2, 0) is 6.54 Å². The first-order chi connectivity index (χ1) is 9.74. The fourth-order valence-electron chi connectivity index (χ4n) is 2.95. The van der Waals surface area contributed by atoms with Gasteiger partial charge in [-0.1, -0.05) is 18.2 Å². The van der Waals surface area contributed by atoms with Gasteiger partial charge in [-0.25, -0.2) is 0 Å². The zero-order valence-corrected chi connectivity index (χ0v) is 13.1. The Morgan fingerprint density at radius 2 is 1.85 bits per heavy atom. The number of nitrogens with zero attached hydrogens (tertiary/aromatic N) is 1. The molecule has 1 N–H and O–H groups in total. The molecule has 0 unspecified atom stereocenters. The molecule has 1 saturated heterocycles. The molecule has 0 aliphatic carbocycles. The van der Waals surface area contributed by atoms with Gasteiger partial charge < -0.3 is 5.32 Å². The summed E-state index contributed by atoms with van der Waals surface area (Å²) in [4.78, 5) is 4.01. The predicted molar refractivity (Wildman–Crippen MR) is 87.4 cm³/mol. The Morgan fingerprint density at radius 3 is 2.55 bits per heavy atom. The molecule has 2 nitrogen and oxygen atoms in total. The maximum Gasteiger partial charge on any atom is 0.0329 e. The van der Waals surface area contributed by atoms with Crippen molar-refractivity contribution in [1.82, 2.24) is 10.2 Å². The molecule has 0 saturated carbocycles. The molecule has 0 spiro atoms. The lowest BCUT2D eigenvalue weighted by molar-refractivity contribution is 0.235. The highest BCUT2D eigenvalue weighted by Crippen LogP contribution is 2.31. The molecule has 3 rings (SSSR count). The van der Waals surface area contributed by atoms with Crippen LogP contribution in [0.3, 0.4) is 0 Å². The second-order valence-electron chi connectivity index (χ2n) is 5.59. The van der Waals surface area contributed by atoms with Crippen molar-refractivity contribution in [3.05, 3.63) is 45.6 Å². The van der Waals surface area contributed by atoms with E-state index in [1.807, 2.05) is 11.3 Å². The van der Waals surface area contributed by atoms with Gasteiger partial charge in [0.1, 0.15) is 0 Å². The molecule has 3 heteroatoms. The molecule has 20 heavy (non-hydrogen) atoms. The summed E-state index contributed by atoms with van der Waals surface area (Å²) in [6, 6.07) is 8.93. The number of hydrogen-bond donors (Lipinski definition) is 1. The number of rotatable bonds is 3. The van der Waals surface area contributed by atoms with E-state index in [1.165, 1.54) is 27.1 Å². The smallest absolute Gasteiger partial charge is 0.0329 e. The van der Waals surface area contributed by atoms with Crippen molar-refractivity contribution >= 4 is 11.3 Å². The van der Waals surface area contributed by atoms with Crippen LogP contribution >= 0.6 is 11.3 Å². The highest BCUT2D eigenvalue weighted by Gasteiger charge is 2.12. The zero-order valence-electron chi connectivity index (χ0n) is 12.3. The van der Waals surface area contributed by atoms with Gasteiger partial charge in [-0.15, -0.1) is 11.3 Å². The van der Waals surface area contributed by atoms with Crippen LogP contribution in [0.4, 0.5) is 0 Å². The minimum atomic E-state index is 1.09. The summed E-state index contributed by atoms with van der Waals surface area (Å²) in [6.07, 6.45) is 0. The normalized spacial score (nSPS) is 16.5. The Morgan fingerprint density at radius 1 is 1.15 bits per heavy atom. The van der Waals surface area contributed by atoms with Crippen molar-refractivity contribution in [2.45, 2.75) is 20.4 Å². The van der Waals surface area contributed by atoms with Gasteiger partial charge in [0.05, 0.1) is 0 Å². The van der Waals surface area contributed by atoms with Gasteiger partial charge in [0.2, 0.25) is 0 Å². The summed E-state index contributed by atoms with van der Waals surface area (Å²) < 4.78 is 0. The topological polar surface area (TPSA) is 15.3 Å². The molecule has 106 valence electrons. The summed E-state index contributed by atoms with van der Waals surface area (Å²) in [6.45, 7) is 10.1. The Balaban J connectivity index is 1.79. The Bertz CT molecular complexity index is 562. The van der Waals surface area contributed by atoms with E-state index in [9.17, 15) is 0 Å². The van der Waals surface area contributed by atoms with Gasteiger partial charge in [0, 0.05) is 37.6 Å². The quantitative estimate of drug-likeness (QED) is 0.930. The Labute approximate surface area is 125 Å². The fraction of sp³-hybridized carbons (Fsp3) is 0.412. The van der Waals surface area contributed by atoms with Gasteiger partial charge >= 0.3 is 0 Å². The SMILES string of the molecule is Cc1cccc(C)c1-c1csc(CN2CCNCC2)c1. The van der Waals surface area contributed by atoms with E-state index in [0.717, 1.165) is 32.7 Å². The molecule has 0 atom stereocenters. The van der Waals surface area contributed by atoms with Gasteiger partial charge in [0.15, 0.2) is 0 Å². The molecule has 1 fully saturated rings. The average molecular weight is 286 g/mol. The molecule has 2 heterocycles. The molecular weight excluding hydrogens is 264 g/mol. The first-order valence-electron chi connectivity index (χ1n) is 7.31. The van der Waals surface area contributed by atoms with E-state index in [4.69, 9.17) is 0 Å². The summed E-state index contributed by atoms with van der Waals surface area (Å²) in [5, 5.41) is 5.72. The lowest BCUT2D eigenvalue weighted by Crippen LogP contribution is -2.42. The number of piperazine rings is 1. The summed E-state index contributed by atoms with van der Waals surface area (Å²) >= 11 is 1.89. The largest absolute Gasteiger partial charge is 0.314 e. The summed E-state index contributed by atoms with van der Waals surface area (Å²) in [5.41, 5.74) is 5.54. The van der Waals surface area contributed by atoms with E-state index >= 15 is 0 Å². The third kappa shape index (κ3) is 2.95. The second kappa shape index (κ2) is 6.08. The second-order valence-corrected chi connectivity index (χ2v) is 6.59. The molecule has 0 amide bonds. The van der Waals surface area contributed by atoms with Crippen LogP contribution in [0.2, 0.25) is 0 Å². The van der Waals surface area contributed by atoms with Crippen molar-refractivity contribution in [3.63, 3.8) is 0 Å². The molecule has 1 aromatic heterocycles. The highest BCUT2D eigenvalue weighted by molar-refractivity contribution is 7.10. The van der Waals surface area contributed by atoms with Gasteiger partial charge in [-0.05, 0) is 47.5 Å². The number of benzene rings is 1. The van der Waals surface area contributed by atoms with Crippen molar-refractivity contribution < 1.29 is 0 Å². The monoisotopic (exact) mass is 286 g/mol. The zero-order chi connectivity index (χ0) is 13.9. The third-order valence-electron chi connectivity index (χ3n) is 4.01. The van der Waals surface area contributed by atoms with Crippen LogP contribution < -0.4 is 5.32 Å². The van der Waals surface area contributed by atoms with Crippen molar-refractivity contribution in [2.24, 2.45) is 0 Å². The maximum atomic E-state index is 3.41. The van der Waals surface area contributed by atoms with E-state index in [1.54, 1.807) is 0 Å². The molecule has 0 bridgehead atoms. The van der Waals surface area contributed by atoms with Gasteiger partial charge in [0.25, 0.3) is 0 Å². The van der Waals surface area contributed by atoms with Crippen LogP contribution in [0.5, 0.6) is 0 Å². The Kier molecular flexibility index (Phi) is 4.20. The first kappa shape index (κ1) is 13.8. The number of thiophene rings is 1. The first-order valence-corrected chi connectivity index (χ1v) is 8.19. The molecular formula is C17H22N2S. The molecule has 1 aliphatic rings. The van der Waals surface area contributed by atoms with Crippen LogP contribution in [0.15, 0.2) is 29.6 Å². The minimum Gasteiger partial charge on any atom is -0.314 e. The lowest BCUT2D eigenvalue weighted by Gasteiger charge is -2.26. The lowest BCUT2D eigenvalue weighted by atomic mass is 9.98. The third-order valence-corrected chi connectivity index (χ3v) is 4.93. The van der Waals surface area contributed by atoms with Crippen LogP contribution in [-0.4, -0.2) is 31.1 Å². The van der Waals surface area contributed by atoms with Crippen molar-refractivity contribution in [1.29, 1.82) is 0 Å². The van der Waals surface area contributed by atoms with Crippen molar-refractivity contribution in [3.8, 4) is 11.1 Å². The van der Waals surface area contributed by atoms with E-state index < -0.39 is 0 Å². The van der Waals surface area contributed by atoms with Gasteiger partial charge in [-0.2, -0.15) is 0 Å². The van der Waals surface area contributed by atoms with Crippen LogP contribution in [0.25, 0.3) is 11.1 Å². The summed E-state index contributed by atoms with van der Waals surface area (Å²) in [7, 11) is 0. The minimum absolute atomic E-state index is 1.09. The predicted octanol–water partition coefficient (Wildman–Crippen LogP) is 3.44. The standard InChI is InChI=1S/C17H22N2S/c1-13-4-3-5-14(2)17(13)15-10-16(20-12-15)11-19-8-6-18-7-9-19/h3-5,10,12,18H,6-9,11H2,1-2H3. The van der Waals surface area contributed by atoms with Crippen LogP contribution in [0.1, 0.15) is 16.0 Å². The Hall–Kier alpha value is -1.16. The molecule has 2 aromatic rings. The number of aryl methyl sites for hydroxylation is 2. The molecule has 0 radical (unpaired) electrons.